The third kappa shape index (κ3) is 2.93. The molecule has 0 atom stereocenters. The Morgan fingerprint density at radius 3 is 2.53 bits per heavy atom. The number of hydrogen-bond donors (Lipinski definition) is 1. The van der Waals surface area contributed by atoms with Crippen LogP contribution in [-0.2, 0) is 0 Å². The van der Waals surface area contributed by atoms with Gasteiger partial charge in [-0.25, -0.2) is 4.68 Å². The molecule has 0 saturated carbocycles. The first kappa shape index (κ1) is 13.5. The van der Waals surface area contributed by atoms with Gasteiger partial charge in [-0.1, -0.05) is 16.8 Å². The minimum absolute atomic E-state index is 0.0626. The predicted octanol–water partition coefficient (Wildman–Crippen LogP) is 2.37. The summed E-state index contributed by atoms with van der Waals surface area (Å²) in [6, 6.07) is 7.26. The quantitative estimate of drug-likeness (QED) is 0.938. The van der Waals surface area contributed by atoms with E-state index in [0.717, 1.165) is 5.69 Å². The summed E-state index contributed by atoms with van der Waals surface area (Å²) >= 11 is 5.84. The van der Waals surface area contributed by atoms with E-state index in [1.165, 1.54) is 0 Å². The molecule has 5 nitrogen and oxygen atoms in total. The first-order valence-corrected chi connectivity index (χ1v) is 6.36. The summed E-state index contributed by atoms with van der Waals surface area (Å²) in [5.74, 6) is -0.215. The van der Waals surface area contributed by atoms with E-state index in [1.54, 1.807) is 16.8 Å². The summed E-state index contributed by atoms with van der Waals surface area (Å²) in [6.07, 6.45) is 0. The van der Waals surface area contributed by atoms with E-state index in [0.29, 0.717) is 16.4 Å². The van der Waals surface area contributed by atoms with Crippen LogP contribution in [0.2, 0.25) is 5.02 Å². The van der Waals surface area contributed by atoms with Gasteiger partial charge in [-0.15, -0.1) is 5.10 Å². The molecule has 19 heavy (non-hydrogen) atoms. The lowest BCUT2D eigenvalue weighted by molar-refractivity contribution is 0.0937. The van der Waals surface area contributed by atoms with Gasteiger partial charge in [0.2, 0.25) is 0 Å². The van der Waals surface area contributed by atoms with Gasteiger partial charge in [0.1, 0.15) is 0 Å². The van der Waals surface area contributed by atoms with E-state index in [9.17, 15) is 4.79 Å². The van der Waals surface area contributed by atoms with Crippen LogP contribution in [0.15, 0.2) is 24.3 Å². The van der Waals surface area contributed by atoms with Crippen LogP contribution in [0.5, 0.6) is 0 Å². The number of nitrogens with one attached hydrogen (secondary N) is 1. The Balaban J connectivity index is 2.32. The first-order chi connectivity index (χ1) is 8.99. The van der Waals surface area contributed by atoms with Crippen molar-refractivity contribution in [2.45, 2.75) is 26.8 Å². The number of nitrogens with zero attached hydrogens (tertiary/aromatic N) is 3. The molecule has 0 bridgehead atoms. The second-order valence-electron chi connectivity index (χ2n) is 4.54. The van der Waals surface area contributed by atoms with Gasteiger partial charge in [0.15, 0.2) is 5.69 Å². The van der Waals surface area contributed by atoms with Gasteiger partial charge in [0, 0.05) is 11.1 Å². The summed E-state index contributed by atoms with van der Waals surface area (Å²) in [4.78, 5) is 11.9. The van der Waals surface area contributed by atoms with Crippen LogP contribution >= 0.6 is 11.6 Å². The number of rotatable bonds is 3. The molecule has 0 fully saturated rings. The maximum atomic E-state index is 11.9. The molecule has 1 aromatic carbocycles. The zero-order chi connectivity index (χ0) is 14.0. The summed E-state index contributed by atoms with van der Waals surface area (Å²) in [7, 11) is 0. The van der Waals surface area contributed by atoms with E-state index in [4.69, 9.17) is 11.6 Å². The largest absolute Gasteiger partial charge is 0.348 e. The molecule has 6 heteroatoms. The number of carbonyl (C=O) groups excluding carboxylic acids is 1. The normalized spacial score (nSPS) is 10.8. The van der Waals surface area contributed by atoms with Crippen LogP contribution in [0, 0.1) is 6.92 Å². The summed E-state index contributed by atoms with van der Waals surface area (Å²) in [5, 5.41) is 11.4. The van der Waals surface area contributed by atoms with Gasteiger partial charge >= 0.3 is 0 Å². The third-order valence-electron chi connectivity index (χ3n) is 2.60. The number of halogens is 1. The van der Waals surface area contributed by atoms with Crippen molar-refractivity contribution in [2.75, 3.05) is 0 Å². The molecule has 0 aliphatic heterocycles. The number of aromatic nitrogens is 3. The molecule has 0 unspecified atom stereocenters. The standard InChI is InChI=1S/C13H15ClN4O/c1-8(2)15-13(19)12-9(3)18(17-16-12)11-6-4-10(14)5-7-11/h4-8H,1-3H3,(H,15,19). The summed E-state index contributed by atoms with van der Waals surface area (Å²) in [5.41, 5.74) is 1.85. The minimum atomic E-state index is -0.215. The molecule has 1 heterocycles. The molecule has 2 aromatic rings. The zero-order valence-electron chi connectivity index (χ0n) is 11.0. The maximum Gasteiger partial charge on any atom is 0.273 e. The Morgan fingerprint density at radius 2 is 1.95 bits per heavy atom. The molecule has 0 aliphatic carbocycles. The molecule has 0 aliphatic rings. The monoisotopic (exact) mass is 278 g/mol. The number of benzene rings is 1. The lowest BCUT2D eigenvalue weighted by atomic mass is 10.2. The first-order valence-electron chi connectivity index (χ1n) is 5.98. The van der Waals surface area contributed by atoms with Crippen molar-refractivity contribution in [1.82, 2.24) is 20.3 Å². The lowest BCUT2D eigenvalue weighted by Gasteiger charge is -2.07. The van der Waals surface area contributed by atoms with Gasteiger partial charge in [-0.2, -0.15) is 0 Å². The summed E-state index contributed by atoms with van der Waals surface area (Å²) in [6.45, 7) is 5.61. The van der Waals surface area contributed by atoms with Crippen LogP contribution in [0.25, 0.3) is 5.69 Å². The van der Waals surface area contributed by atoms with Gasteiger partial charge < -0.3 is 5.32 Å². The van der Waals surface area contributed by atoms with Crippen molar-refractivity contribution < 1.29 is 4.79 Å². The fourth-order valence-electron chi connectivity index (χ4n) is 1.70. The Morgan fingerprint density at radius 1 is 1.32 bits per heavy atom. The molecule has 2 rings (SSSR count). The Labute approximate surface area is 116 Å². The predicted molar refractivity (Wildman–Crippen MR) is 73.7 cm³/mol. The van der Waals surface area contributed by atoms with Crippen LogP contribution in [0.1, 0.15) is 30.0 Å². The molecular formula is C13H15ClN4O. The van der Waals surface area contributed by atoms with E-state index in [1.807, 2.05) is 32.9 Å². The highest BCUT2D eigenvalue weighted by Gasteiger charge is 2.17. The van der Waals surface area contributed by atoms with Crippen molar-refractivity contribution >= 4 is 17.5 Å². The maximum absolute atomic E-state index is 11.9. The van der Waals surface area contributed by atoms with Gasteiger partial charge in [-0.05, 0) is 45.0 Å². The number of carbonyl (C=O) groups is 1. The second kappa shape index (κ2) is 5.40. The van der Waals surface area contributed by atoms with Crippen molar-refractivity contribution in [1.29, 1.82) is 0 Å². The molecule has 0 saturated heterocycles. The Kier molecular flexibility index (Phi) is 3.85. The lowest BCUT2D eigenvalue weighted by Crippen LogP contribution is -2.30. The van der Waals surface area contributed by atoms with Crippen LogP contribution in [0.3, 0.4) is 0 Å². The van der Waals surface area contributed by atoms with E-state index in [2.05, 4.69) is 15.6 Å². The smallest absolute Gasteiger partial charge is 0.273 e. The fourth-order valence-corrected chi connectivity index (χ4v) is 1.82. The van der Waals surface area contributed by atoms with Crippen molar-refractivity contribution in [2.24, 2.45) is 0 Å². The van der Waals surface area contributed by atoms with E-state index >= 15 is 0 Å². The van der Waals surface area contributed by atoms with Gasteiger partial charge in [0.25, 0.3) is 5.91 Å². The minimum Gasteiger partial charge on any atom is -0.348 e. The zero-order valence-corrected chi connectivity index (χ0v) is 11.8. The SMILES string of the molecule is Cc1c(C(=O)NC(C)C)nnn1-c1ccc(Cl)cc1. The highest BCUT2D eigenvalue weighted by Crippen LogP contribution is 2.15. The topological polar surface area (TPSA) is 59.8 Å². The molecular weight excluding hydrogens is 264 g/mol. The van der Waals surface area contributed by atoms with E-state index in [-0.39, 0.29) is 11.9 Å². The van der Waals surface area contributed by atoms with Crippen LogP contribution in [0.4, 0.5) is 0 Å². The average Bonchev–Trinajstić information content (AvgIpc) is 2.71. The van der Waals surface area contributed by atoms with Crippen LogP contribution in [-0.4, -0.2) is 26.9 Å². The van der Waals surface area contributed by atoms with Gasteiger partial charge in [-0.3, -0.25) is 4.79 Å². The molecule has 1 N–H and O–H groups in total. The number of amides is 1. The van der Waals surface area contributed by atoms with Crippen molar-refractivity contribution in [3.05, 3.63) is 40.7 Å². The Hall–Kier alpha value is -1.88. The van der Waals surface area contributed by atoms with Crippen molar-refractivity contribution in [3.63, 3.8) is 0 Å². The average molecular weight is 279 g/mol. The highest BCUT2D eigenvalue weighted by molar-refractivity contribution is 6.30. The second-order valence-corrected chi connectivity index (χ2v) is 4.98. The van der Waals surface area contributed by atoms with Gasteiger partial charge in [0.05, 0.1) is 11.4 Å². The van der Waals surface area contributed by atoms with E-state index < -0.39 is 0 Å². The molecule has 0 radical (unpaired) electrons. The molecule has 0 spiro atoms. The third-order valence-corrected chi connectivity index (χ3v) is 2.85. The highest BCUT2D eigenvalue weighted by atomic mass is 35.5. The molecule has 1 aromatic heterocycles. The molecule has 1 amide bonds. The number of hydrogen-bond acceptors (Lipinski definition) is 3. The fraction of sp³-hybridized carbons (Fsp3) is 0.308. The van der Waals surface area contributed by atoms with Crippen molar-refractivity contribution in [3.8, 4) is 5.69 Å². The summed E-state index contributed by atoms with van der Waals surface area (Å²) < 4.78 is 1.62. The molecule has 100 valence electrons. The Bertz CT molecular complexity index is 589. The van der Waals surface area contributed by atoms with Crippen LogP contribution < -0.4 is 5.32 Å².